The van der Waals surface area contributed by atoms with Crippen LogP contribution in [0.15, 0.2) is 40.6 Å². The molecule has 4 nitrogen and oxygen atoms in total. The molecule has 1 aliphatic heterocycles. The zero-order valence-corrected chi connectivity index (χ0v) is 12.7. The Hall–Kier alpha value is -1.37. The van der Waals surface area contributed by atoms with E-state index in [0.29, 0.717) is 12.2 Å². The summed E-state index contributed by atoms with van der Waals surface area (Å²) < 4.78 is 27.1. The molecule has 0 saturated heterocycles. The summed E-state index contributed by atoms with van der Waals surface area (Å²) in [4.78, 5) is 1.56. The molecule has 3 rings (SSSR count). The third-order valence-electron chi connectivity index (χ3n) is 3.69. The largest absolute Gasteiger partial charge is 0.399 e. The van der Waals surface area contributed by atoms with E-state index in [9.17, 15) is 8.42 Å². The average Bonchev–Trinajstić information content (AvgIpc) is 2.88. The number of nitrogens with two attached hydrogens (primary N) is 1. The third kappa shape index (κ3) is 2.13. The molecule has 0 radical (unpaired) electrons. The van der Waals surface area contributed by atoms with Gasteiger partial charge in [0.15, 0.2) is 0 Å². The van der Waals surface area contributed by atoms with Gasteiger partial charge in [-0.25, -0.2) is 8.42 Å². The normalized spacial score (nSPS) is 19.8. The lowest BCUT2D eigenvalue weighted by Gasteiger charge is -2.32. The van der Waals surface area contributed by atoms with Crippen LogP contribution in [0.25, 0.3) is 0 Å². The Morgan fingerprint density at radius 2 is 2.15 bits per heavy atom. The Labute approximate surface area is 122 Å². The summed E-state index contributed by atoms with van der Waals surface area (Å²) in [5, 5.41) is 2.03. The highest BCUT2D eigenvalue weighted by Gasteiger charge is 2.34. The number of nitrogen functional groups attached to an aromatic ring is 1. The van der Waals surface area contributed by atoms with E-state index in [1.807, 2.05) is 18.4 Å². The molecule has 2 N–H and O–H groups in total. The molecule has 0 saturated carbocycles. The zero-order valence-electron chi connectivity index (χ0n) is 11.1. The Bertz CT molecular complexity index is 737. The van der Waals surface area contributed by atoms with Gasteiger partial charge in [-0.2, -0.15) is 4.31 Å². The number of sulfonamides is 1. The summed E-state index contributed by atoms with van der Waals surface area (Å²) in [6.07, 6.45) is 0.777. The van der Waals surface area contributed by atoms with E-state index >= 15 is 0 Å². The Kier molecular flexibility index (Phi) is 3.32. The van der Waals surface area contributed by atoms with E-state index in [1.54, 1.807) is 33.8 Å². The Morgan fingerprint density at radius 3 is 2.90 bits per heavy atom. The lowest BCUT2D eigenvalue weighted by molar-refractivity contribution is 0.329. The summed E-state index contributed by atoms with van der Waals surface area (Å²) in [7, 11) is -3.50. The smallest absolute Gasteiger partial charge is 0.243 e. The topological polar surface area (TPSA) is 63.4 Å². The number of thiophene rings is 1. The molecule has 106 valence electrons. The summed E-state index contributed by atoms with van der Waals surface area (Å²) in [5.41, 5.74) is 7.28. The van der Waals surface area contributed by atoms with E-state index in [2.05, 4.69) is 0 Å². The van der Waals surface area contributed by atoms with Crippen LogP contribution in [0.2, 0.25) is 0 Å². The first-order chi connectivity index (χ1) is 9.50. The fourth-order valence-electron chi connectivity index (χ4n) is 2.63. The van der Waals surface area contributed by atoms with Crippen molar-refractivity contribution in [1.29, 1.82) is 0 Å². The lowest BCUT2D eigenvalue weighted by atomic mass is 10.0. The second-order valence-electron chi connectivity index (χ2n) is 4.91. The monoisotopic (exact) mass is 308 g/mol. The van der Waals surface area contributed by atoms with E-state index in [-0.39, 0.29) is 10.9 Å². The molecule has 1 aromatic heterocycles. The maximum absolute atomic E-state index is 12.8. The Balaban J connectivity index is 2.01. The van der Waals surface area contributed by atoms with E-state index in [1.165, 1.54) is 10.9 Å². The summed E-state index contributed by atoms with van der Waals surface area (Å²) >= 11 is 1.70. The van der Waals surface area contributed by atoms with Crippen molar-refractivity contribution in [3.63, 3.8) is 0 Å². The molecule has 6 heteroatoms. The molecule has 0 fully saturated rings. The quantitative estimate of drug-likeness (QED) is 0.868. The predicted molar refractivity (Wildman–Crippen MR) is 81.2 cm³/mol. The minimum Gasteiger partial charge on any atom is -0.399 e. The first-order valence-electron chi connectivity index (χ1n) is 6.44. The minimum absolute atomic E-state index is 0.128. The van der Waals surface area contributed by atoms with Crippen LogP contribution in [0.4, 0.5) is 5.69 Å². The molecule has 0 aliphatic carbocycles. The van der Waals surface area contributed by atoms with Gasteiger partial charge >= 0.3 is 0 Å². The third-order valence-corrected chi connectivity index (χ3v) is 6.65. The molecule has 0 amide bonds. The van der Waals surface area contributed by atoms with Crippen LogP contribution in [-0.4, -0.2) is 19.3 Å². The molecule has 1 unspecified atom stereocenters. The summed E-state index contributed by atoms with van der Waals surface area (Å²) in [5.74, 6) is 0. The maximum Gasteiger partial charge on any atom is 0.243 e. The van der Waals surface area contributed by atoms with Gasteiger partial charge in [0.1, 0.15) is 0 Å². The van der Waals surface area contributed by atoms with Gasteiger partial charge in [-0.3, -0.25) is 0 Å². The molecule has 1 aliphatic rings. The highest BCUT2D eigenvalue weighted by atomic mass is 32.2. The van der Waals surface area contributed by atoms with Gasteiger partial charge in [0, 0.05) is 23.2 Å². The van der Waals surface area contributed by atoms with Crippen LogP contribution >= 0.6 is 11.3 Å². The lowest BCUT2D eigenvalue weighted by Crippen LogP contribution is -2.38. The van der Waals surface area contributed by atoms with Gasteiger partial charge < -0.3 is 5.73 Å². The molecular weight excluding hydrogens is 292 g/mol. The number of hydrogen-bond acceptors (Lipinski definition) is 4. The highest BCUT2D eigenvalue weighted by molar-refractivity contribution is 7.89. The first kappa shape index (κ1) is 13.6. The van der Waals surface area contributed by atoms with Gasteiger partial charge in [0.2, 0.25) is 10.0 Å². The van der Waals surface area contributed by atoms with Crippen LogP contribution in [0, 0.1) is 0 Å². The second-order valence-corrected chi connectivity index (χ2v) is 7.80. The summed E-state index contributed by atoms with van der Waals surface area (Å²) in [6, 6.07) is 8.37. The zero-order chi connectivity index (χ0) is 14.3. The van der Waals surface area contributed by atoms with Gasteiger partial charge in [0.05, 0.1) is 4.90 Å². The second kappa shape index (κ2) is 4.87. The van der Waals surface area contributed by atoms with Gasteiger partial charge in [-0.05, 0) is 48.6 Å². The molecule has 2 heterocycles. The van der Waals surface area contributed by atoms with Crippen LogP contribution in [0.1, 0.15) is 23.4 Å². The Morgan fingerprint density at radius 1 is 1.35 bits per heavy atom. The van der Waals surface area contributed by atoms with E-state index in [0.717, 1.165) is 12.0 Å². The van der Waals surface area contributed by atoms with Gasteiger partial charge in [-0.1, -0.05) is 6.07 Å². The standard InChI is InChI=1S/C14H16N2O2S2/c1-10-13-6-8-19-14(13)5-7-16(10)20(17,18)12-4-2-3-11(15)9-12/h2-4,6,8-10H,5,7,15H2,1H3. The highest BCUT2D eigenvalue weighted by Crippen LogP contribution is 2.36. The maximum atomic E-state index is 12.8. The molecule has 0 spiro atoms. The number of rotatable bonds is 2. The van der Waals surface area contributed by atoms with Crippen LogP contribution in [0.3, 0.4) is 0 Å². The van der Waals surface area contributed by atoms with Crippen molar-refractivity contribution in [2.75, 3.05) is 12.3 Å². The molecule has 2 aromatic rings. The van der Waals surface area contributed by atoms with Crippen molar-refractivity contribution >= 4 is 27.0 Å². The van der Waals surface area contributed by atoms with Crippen LogP contribution in [-0.2, 0) is 16.4 Å². The minimum atomic E-state index is -3.50. The van der Waals surface area contributed by atoms with Crippen LogP contribution in [0.5, 0.6) is 0 Å². The van der Waals surface area contributed by atoms with Gasteiger partial charge in [-0.15, -0.1) is 11.3 Å². The van der Waals surface area contributed by atoms with Crippen molar-refractivity contribution in [3.8, 4) is 0 Å². The molecular formula is C14H16N2O2S2. The number of anilines is 1. The number of benzene rings is 1. The molecule has 0 bridgehead atoms. The van der Waals surface area contributed by atoms with E-state index in [4.69, 9.17) is 5.73 Å². The first-order valence-corrected chi connectivity index (χ1v) is 8.76. The molecule has 1 aromatic carbocycles. The predicted octanol–water partition coefficient (Wildman–Crippen LogP) is 2.64. The SMILES string of the molecule is CC1c2ccsc2CCN1S(=O)(=O)c1cccc(N)c1. The fourth-order valence-corrected chi connectivity index (χ4v) is 5.26. The van der Waals surface area contributed by atoms with Crippen molar-refractivity contribution in [2.45, 2.75) is 24.3 Å². The average molecular weight is 308 g/mol. The van der Waals surface area contributed by atoms with E-state index < -0.39 is 10.0 Å². The van der Waals surface area contributed by atoms with Gasteiger partial charge in [0.25, 0.3) is 0 Å². The number of nitrogens with zero attached hydrogens (tertiary/aromatic N) is 1. The van der Waals surface area contributed by atoms with Crippen molar-refractivity contribution in [1.82, 2.24) is 4.31 Å². The van der Waals surface area contributed by atoms with Crippen LogP contribution < -0.4 is 5.73 Å². The van der Waals surface area contributed by atoms with Crippen molar-refractivity contribution < 1.29 is 8.42 Å². The van der Waals surface area contributed by atoms with Crippen molar-refractivity contribution in [2.24, 2.45) is 0 Å². The molecule has 1 atom stereocenters. The number of fused-ring (bicyclic) bond motifs is 1. The number of hydrogen-bond donors (Lipinski definition) is 1. The van der Waals surface area contributed by atoms with Crippen molar-refractivity contribution in [3.05, 3.63) is 46.2 Å². The summed E-state index contributed by atoms with van der Waals surface area (Å²) in [6.45, 7) is 2.46. The molecule has 20 heavy (non-hydrogen) atoms. The fraction of sp³-hybridized carbons (Fsp3) is 0.286.